The molecule has 0 fully saturated rings. The third-order valence-corrected chi connectivity index (χ3v) is 2.22. The normalized spacial score (nSPS) is 12.1. The number of amides is 1. The Bertz CT molecular complexity index is 402. The Hall–Kier alpha value is -1.89. The molecule has 0 aromatic carbocycles. The average molecular weight is 241 g/mol. The molecule has 0 spiro atoms. The second-order valence-electron chi connectivity index (χ2n) is 3.42. The van der Waals surface area contributed by atoms with E-state index in [1.807, 2.05) is 0 Å². The van der Waals surface area contributed by atoms with Crippen LogP contribution in [0.25, 0.3) is 0 Å². The molecule has 2 N–H and O–H groups in total. The van der Waals surface area contributed by atoms with Crippen LogP contribution in [-0.2, 0) is 9.53 Å². The highest BCUT2D eigenvalue weighted by molar-refractivity contribution is 5.93. The van der Waals surface area contributed by atoms with Crippen molar-refractivity contribution < 1.29 is 19.4 Å². The number of methoxy groups -OCH3 is 1. The molecule has 1 unspecified atom stereocenters. The van der Waals surface area contributed by atoms with Crippen molar-refractivity contribution in [3.63, 3.8) is 0 Å². The lowest BCUT2D eigenvalue weighted by Gasteiger charge is -2.11. The number of hydrogen-bond acceptors (Lipinski definition) is 4. The maximum atomic E-state index is 11.7. The van der Waals surface area contributed by atoms with Crippen LogP contribution in [-0.4, -0.2) is 47.0 Å². The predicted octanol–water partition coefficient (Wildman–Crippen LogP) is -0.0951. The number of nitrogens with zero attached hydrogens (tertiary/aromatic N) is 2. The highest BCUT2D eigenvalue weighted by Gasteiger charge is 2.20. The molecular formula is C10H15N3O4. The van der Waals surface area contributed by atoms with Gasteiger partial charge in [0.25, 0.3) is 5.91 Å². The van der Waals surface area contributed by atoms with Crippen molar-refractivity contribution in [1.82, 2.24) is 15.1 Å². The molecule has 17 heavy (non-hydrogen) atoms. The van der Waals surface area contributed by atoms with Crippen molar-refractivity contribution in [3.8, 4) is 0 Å². The number of carbonyl (C=O) groups excluding carboxylic acids is 1. The number of aliphatic carboxylic acids is 1. The Balaban J connectivity index is 2.74. The second kappa shape index (κ2) is 6.00. The first-order valence-electron chi connectivity index (χ1n) is 5.11. The number of nitrogens with one attached hydrogen (secondary N) is 1. The van der Waals surface area contributed by atoms with Crippen molar-refractivity contribution in [2.75, 3.05) is 20.3 Å². The Morgan fingerprint density at radius 3 is 2.94 bits per heavy atom. The number of carboxylic acid groups (broad SMARTS) is 1. The first kappa shape index (κ1) is 13.2. The van der Waals surface area contributed by atoms with E-state index in [4.69, 9.17) is 9.84 Å². The van der Waals surface area contributed by atoms with Gasteiger partial charge < -0.3 is 15.2 Å². The molecule has 1 aromatic rings. The van der Waals surface area contributed by atoms with Crippen molar-refractivity contribution in [2.45, 2.75) is 13.0 Å². The predicted molar refractivity (Wildman–Crippen MR) is 58.8 cm³/mol. The van der Waals surface area contributed by atoms with E-state index in [1.165, 1.54) is 31.0 Å². The van der Waals surface area contributed by atoms with Crippen LogP contribution in [0, 0.1) is 0 Å². The maximum Gasteiger partial charge on any atom is 0.328 e. The smallest absolute Gasteiger partial charge is 0.328 e. The van der Waals surface area contributed by atoms with E-state index in [1.54, 1.807) is 0 Å². The molecule has 0 aliphatic rings. The third kappa shape index (κ3) is 3.28. The van der Waals surface area contributed by atoms with Gasteiger partial charge in [-0.25, -0.2) is 9.48 Å². The minimum atomic E-state index is -1.04. The topological polar surface area (TPSA) is 93.5 Å². The molecule has 0 saturated carbocycles. The molecule has 0 aliphatic carbocycles. The van der Waals surface area contributed by atoms with Gasteiger partial charge in [0, 0.05) is 19.9 Å². The zero-order valence-corrected chi connectivity index (χ0v) is 9.71. The summed E-state index contributed by atoms with van der Waals surface area (Å²) in [6, 6.07) is 0.592. The van der Waals surface area contributed by atoms with E-state index in [-0.39, 0.29) is 11.6 Å². The van der Waals surface area contributed by atoms with Crippen LogP contribution in [0.2, 0.25) is 0 Å². The van der Waals surface area contributed by atoms with E-state index < -0.39 is 12.0 Å². The highest BCUT2D eigenvalue weighted by atomic mass is 16.5. The van der Waals surface area contributed by atoms with Crippen LogP contribution < -0.4 is 5.32 Å². The van der Waals surface area contributed by atoms with Crippen molar-refractivity contribution >= 4 is 11.9 Å². The lowest BCUT2D eigenvalue weighted by Crippen LogP contribution is -2.31. The number of hydrogen-bond donors (Lipinski definition) is 2. The zero-order chi connectivity index (χ0) is 12.8. The first-order valence-corrected chi connectivity index (χ1v) is 5.11. The quantitative estimate of drug-likeness (QED) is 0.678. The molecule has 1 amide bonds. The number of carboxylic acids is 1. The zero-order valence-electron chi connectivity index (χ0n) is 9.71. The van der Waals surface area contributed by atoms with Gasteiger partial charge in [-0.05, 0) is 13.0 Å². The fraction of sp³-hybridized carbons (Fsp3) is 0.500. The summed E-state index contributed by atoms with van der Waals surface area (Å²) < 4.78 is 5.97. The van der Waals surface area contributed by atoms with Crippen molar-refractivity contribution in [1.29, 1.82) is 0 Å². The fourth-order valence-electron chi connectivity index (χ4n) is 1.26. The second-order valence-corrected chi connectivity index (χ2v) is 3.42. The Labute approximate surface area is 98.4 Å². The van der Waals surface area contributed by atoms with E-state index in [0.29, 0.717) is 13.2 Å². The van der Waals surface area contributed by atoms with Gasteiger partial charge >= 0.3 is 5.97 Å². The van der Waals surface area contributed by atoms with E-state index in [9.17, 15) is 9.59 Å². The van der Waals surface area contributed by atoms with Crippen LogP contribution >= 0.6 is 0 Å². The summed E-state index contributed by atoms with van der Waals surface area (Å²) in [5, 5.41) is 15.3. The molecular weight excluding hydrogens is 226 g/mol. The summed E-state index contributed by atoms with van der Waals surface area (Å²) in [7, 11) is 1.53. The largest absolute Gasteiger partial charge is 0.480 e. The Morgan fingerprint density at radius 1 is 1.65 bits per heavy atom. The minimum Gasteiger partial charge on any atom is -0.480 e. The van der Waals surface area contributed by atoms with E-state index in [0.717, 1.165) is 0 Å². The number of rotatable bonds is 6. The molecule has 0 radical (unpaired) electrons. The summed E-state index contributed by atoms with van der Waals surface area (Å²) in [6.07, 6.45) is 1.39. The van der Waals surface area contributed by atoms with E-state index >= 15 is 0 Å². The molecule has 7 nitrogen and oxygen atoms in total. The van der Waals surface area contributed by atoms with Gasteiger partial charge in [0.05, 0.1) is 6.61 Å². The van der Waals surface area contributed by atoms with Crippen LogP contribution in [0.15, 0.2) is 12.3 Å². The van der Waals surface area contributed by atoms with Crippen LogP contribution in [0.3, 0.4) is 0 Å². The first-order chi connectivity index (χ1) is 8.07. The molecule has 0 saturated heterocycles. The summed E-state index contributed by atoms with van der Waals surface area (Å²) in [5.74, 6) is -1.41. The van der Waals surface area contributed by atoms with Crippen LogP contribution in [0.1, 0.15) is 23.5 Å². The molecule has 0 aliphatic heterocycles. The summed E-state index contributed by atoms with van der Waals surface area (Å²) >= 11 is 0. The SMILES string of the molecule is COCCNC(=O)c1ccnn1C(C)C(=O)O. The Morgan fingerprint density at radius 2 is 2.35 bits per heavy atom. The monoisotopic (exact) mass is 241 g/mol. The molecule has 1 atom stereocenters. The standard InChI is InChI=1S/C10H15N3O4/c1-7(10(15)16)13-8(3-4-12-13)9(14)11-5-6-17-2/h3-4,7H,5-6H2,1-2H3,(H,11,14)(H,15,16). The van der Waals surface area contributed by atoms with E-state index in [2.05, 4.69) is 10.4 Å². The van der Waals surface area contributed by atoms with Gasteiger partial charge in [-0.15, -0.1) is 0 Å². The fourth-order valence-corrected chi connectivity index (χ4v) is 1.26. The molecule has 1 aromatic heterocycles. The maximum absolute atomic E-state index is 11.7. The van der Waals surface area contributed by atoms with Crippen molar-refractivity contribution in [3.05, 3.63) is 18.0 Å². The van der Waals surface area contributed by atoms with Gasteiger partial charge in [-0.2, -0.15) is 5.10 Å². The van der Waals surface area contributed by atoms with Crippen molar-refractivity contribution in [2.24, 2.45) is 0 Å². The molecule has 1 heterocycles. The van der Waals surface area contributed by atoms with Crippen LogP contribution in [0.5, 0.6) is 0 Å². The highest BCUT2D eigenvalue weighted by Crippen LogP contribution is 2.08. The van der Waals surface area contributed by atoms with Gasteiger partial charge in [0.15, 0.2) is 0 Å². The molecule has 1 rings (SSSR count). The minimum absolute atomic E-state index is 0.219. The van der Waals surface area contributed by atoms with Gasteiger partial charge in [-0.1, -0.05) is 0 Å². The van der Waals surface area contributed by atoms with Crippen LogP contribution in [0.4, 0.5) is 0 Å². The number of carbonyl (C=O) groups is 2. The summed E-state index contributed by atoms with van der Waals surface area (Å²) in [4.78, 5) is 22.5. The Kier molecular flexibility index (Phi) is 4.65. The lowest BCUT2D eigenvalue weighted by molar-refractivity contribution is -0.140. The third-order valence-electron chi connectivity index (χ3n) is 2.22. The van der Waals surface area contributed by atoms with Gasteiger partial charge in [-0.3, -0.25) is 4.79 Å². The average Bonchev–Trinajstić information content (AvgIpc) is 2.76. The molecule has 7 heteroatoms. The summed E-state index contributed by atoms with van der Waals surface area (Å²) in [6.45, 7) is 2.22. The molecule has 0 bridgehead atoms. The van der Waals surface area contributed by atoms with Gasteiger partial charge in [0.2, 0.25) is 0 Å². The number of aromatic nitrogens is 2. The van der Waals surface area contributed by atoms with Gasteiger partial charge in [0.1, 0.15) is 11.7 Å². The number of ether oxygens (including phenoxy) is 1. The summed E-state index contributed by atoms with van der Waals surface area (Å²) in [5.41, 5.74) is 0.219. The molecule has 94 valence electrons. The lowest BCUT2D eigenvalue weighted by atomic mass is 10.3.